The van der Waals surface area contributed by atoms with Crippen LogP contribution < -0.4 is 5.23 Å². The Morgan fingerprint density at radius 1 is 0.921 bits per heavy atom. The number of carbonyl (C=O) groups excluding carboxylic acids is 1. The van der Waals surface area contributed by atoms with Gasteiger partial charge < -0.3 is 19.4 Å². The standard InChI is InChI=1S/C31H30BNO4S/c1-3-36-31(34)28(33-32(2)35)20-38-19-21-11-13-22(14-12-21)23-15-17-24(18-16-23)25-8-6-9-27-26-7-4-5-10-29(26)37-30(25)27/h4-18,28,33,35H,3,19-20H2,1-2H3. The average Bonchev–Trinajstić information content (AvgIpc) is 3.32. The molecule has 7 heteroatoms. The lowest BCUT2D eigenvalue weighted by Gasteiger charge is -2.17. The number of benzene rings is 4. The molecule has 0 aliphatic rings. The Hall–Kier alpha value is -3.52. The summed E-state index contributed by atoms with van der Waals surface area (Å²) >= 11 is 1.63. The zero-order valence-corrected chi connectivity index (χ0v) is 22.3. The Labute approximate surface area is 227 Å². The number of para-hydroxylation sites is 2. The molecule has 0 amide bonds. The summed E-state index contributed by atoms with van der Waals surface area (Å²) in [6, 6.07) is 31.0. The van der Waals surface area contributed by atoms with Gasteiger partial charge in [0.15, 0.2) is 0 Å². The predicted octanol–water partition coefficient (Wildman–Crippen LogP) is 6.78. The van der Waals surface area contributed by atoms with E-state index in [-0.39, 0.29) is 5.97 Å². The van der Waals surface area contributed by atoms with E-state index >= 15 is 0 Å². The number of fused-ring (bicyclic) bond motifs is 3. The molecule has 1 atom stereocenters. The number of carbonyl (C=O) groups is 1. The number of hydrogen-bond acceptors (Lipinski definition) is 6. The van der Waals surface area contributed by atoms with E-state index in [2.05, 4.69) is 78.0 Å². The second-order valence-corrected chi connectivity index (χ2v) is 10.2. The highest BCUT2D eigenvalue weighted by atomic mass is 32.2. The van der Waals surface area contributed by atoms with Gasteiger partial charge in [0.05, 0.1) is 6.61 Å². The minimum atomic E-state index is -0.776. The molecule has 0 aliphatic carbocycles. The minimum absolute atomic E-state index is 0.319. The zero-order chi connectivity index (χ0) is 26.5. The Bertz CT molecular complexity index is 1530. The molecule has 0 spiro atoms. The van der Waals surface area contributed by atoms with Crippen LogP contribution in [0.3, 0.4) is 0 Å². The van der Waals surface area contributed by atoms with Gasteiger partial charge in [-0.1, -0.05) is 84.9 Å². The van der Waals surface area contributed by atoms with Crippen LogP contribution in [0.15, 0.2) is 95.4 Å². The van der Waals surface area contributed by atoms with Crippen LogP contribution in [0.4, 0.5) is 0 Å². The molecule has 5 nitrogen and oxygen atoms in total. The Kier molecular flexibility index (Phi) is 8.18. The van der Waals surface area contributed by atoms with Gasteiger partial charge in [0, 0.05) is 27.8 Å². The van der Waals surface area contributed by atoms with Crippen molar-refractivity contribution in [3.8, 4) is 22.3 Å². The van der Waals surface area contributed by atoms with Crippen LogP contribution >= 0.6 is 11.8 Å². The van der Waals surface area contributed by atoms with Crippen molar-refractivity contribution in [2.24, 2.45) is 0 Å². The summed E-state index contributed by atoms with van der Waals surface area (Å²) in [4.78, 5) is 12.1. The van der Waals surface area contributed by atoms with Crippen LogP contribution in [0.5, 0.6) is 0 Å². The zero-order valence-electron chi connectivity index (χ0n) is 21.5. The number of hydrogen-bond donors (Lipinski definition) is 2. The van der Waals surface area contributed by atoms with Gasteiger partial charge in [-0.25, -0.2) is 0 Å². The third-order valence-corrected chi connectivity index (χ3v) is 7.56. The summed E-state index contributed by atoms with van der Waals surface area (Å²) < 4.78 is 11.3. The molecule has 5 rings (SSSR count). The normalized spacial score (nSPS) is 12.1. The number of rotatable bonds is 10. The molecular weight excluding hydrogens is 493 g/mol. The van der Waals surface area contributed by atoms with Crippen LogP contribution in [0, 0.1) is 0 Å². The molecule has 2 N–H and O–H groups in total. The van der Waals surface area contributed by atoms with Crippen molar-refractivity contribution in [2.75, 3.05) is 12.4 Å². The molecule has 1 unspecified atom stereocenters. The molecule has 0 fully saturated rings. The molecule has 5 aromatic rings. The second kappa shape index (κ2) is 11.9. The monoisotopic (exact) mass is 523 g/mol. The highest BCUT2D eigenvalue weighted by Gasteiger charge is 2.22. The lowest BCUT2D eigenvalue weighted by Crippen LogP contribution is -2.47. The number of ether oxygens (including phenoxy) is 1. The van der Waals surface area contributed by atoms with Crippen molar-refractivity contribution in [2.45, 2.75) is 25.5 Å². The largest absolute Gasteiger partial charge is 0.465 e. The van der Waals surface area contributed by atoms with Gasteiger partial charge in [-0.05, 0) is 42.1 Å². The van der Waals surface area contributed by atoms with Crippen molar-refractivity contribution in [3.63, 3.8) is 0 Å². The van der Waals surface area contributed by atoms with Crippen molar-refractivity contribution < 1.29 is 19.0 Å². The summed E-state index contributed by atoms with van der Waals surface area (Å²) in [5, 5.41) is 14.8. The van der Waals surface area contributed by atoms with Gasteiger partial charge in [0.1, 0.15) is 17.2 Å². The summed E-state index contributed by atoms with van der Waals surface area (Å²) in [6.07, 6.45) is 0. The highest BCUT2D eigenvalue weighted by molar-refractivity contribution is 7.98. The van der Waals surface area contributed by atoms with E-state index in [1.54, 1.807) is 25.5 Å². The maximum absolute atomic E-state index is 12.1. The van der Waals surface area contributed by atoms with Crippen LogP contribution in [-0.2, 0) is 15.3 Å². The maximum Gasteiger partial charge on any atom is 0.374 e. The molecule has 4 aromatic carbocycles. The maximum atomic E-state index is 12.1. The van der Waals surface area contributed by atoms with Crippen LogP contribution in [0.1, 0.15) is 12.5 Å². The van der Waals surface area contributed by atoms with Crippen LogP contribution in [-0.4, -0.2) is 36.4 Å². The van der Waals surface area contributed by atoms with E-state index < -0.39 is 13.1 Å². The van der Waals surface area contributed by atoms with Gasteiger partial charge in [-0.2, -0.15) is 11.8 Å². The molecule has 1 heterocycles. The summed E-state index contributed by atoms with van der Waals surface area (Å²) in [6.45, 7) is 3.70. The van der Waals surface area contributed by atoms with Gasteiger partial charge in [0.2, 0.25) is 0 Å². The first-order chi connectivity index (χ1) is 18.5. The molecule has 38 heavy (non-hydrogen) atoms. The average molecular weight is 523 g/mol. The topological polar surface area (TPSA) is 71.7 Å². The fraction of sp³-hybridized carbons (Fsp3) is 0.194. The van der Waals surface area contributed by atoms with Gasteiger partial charge in [0.25, 0.3) is 0 Å². The predicted molar refractivity (Wildman–Crippen MR) is 158 cm³/mol. The molecule has 1 aromatic heterocycles. The molecule has 192 valence electrons. The van der Waals surface area contributed by atoms with E-state index in [4.69, 9.17) is 9.15 Å². The van der Waals surface area contributed by atoms with Crippen molar-refractivity contribution in [1.29, 1.82) is 0 Å². The van der Waals surface area contributed by atoms with E-state index in [0.717, 1.165) is 49.9 Å². The first-order valence-corrected chi connectivity index (χ1v) is 14.0. The lowest BCUT2D eigenvalue weighted by atomic mass is 9.87. The number of nitrogens with one attached hydrogen (secondary N) is 1. The third kappa shape index (κ3) is 5.80. The van der Waals surface area contributed by atoms with Crippen molar-refractivity contribution in [3.05, 3.63) is 96.6 Å². The summed E-state index contributed by atoms with van der Waals surface area (Å²) in [5.41, 5.74) is 7.49. The number of esters is 1. The highest BCUT2D eigenvalue weighted by Crippen LogP contribution is 2.36. The Morgan fingerprint density at radius 2 is 1.58 bits per heavy atom. The molecule has 0 aliphatic heterocycles. The smallest absolute Gasteiger partial charge is 0.374 e. The molecule has 0 saturated heterocycles. The van der Waals surface area contributed by atoms with E-state index in [1.165, 1.54) is 5.56 Å². The Balaban J connectivity index is 1.26. The Morgan fingerprint density at radius 3 is 2.29 bits per heavy atom. The van der Waals surface area contributed by atoms with Gasteiger partial charge in [-0.15, -0.1) is 0 Å². The molecular formula is C31H30BNO4S. The fourth-order valence-electron chi connectivity index (χ4n) is 4.62. The molecule has 0 radical (unpaired) electrons. The van der Waals surface area contributed by atoms with Gasteiger partial charge in [-0.3, -0.25) is 4.79 Å². The summed E-state index contributed by atoms with van der Waals surface area (Å²) in [5.74, 6) is 0.944. The SMILES string of the molecule is CCOC(=O)C(CSCc1ccc(-c2ccc(-c3cccc4c3oc3ccccc34)cc2)cc1)NB(C)O. The van der Waals surface area contributed by atoms with Crippen molar-refractivity contribution in [1.82, 2.24) is 5.23 Å². The second-order valence-electron chi connectivity index (χ2n) is 9.22. The lowest BCUT2D eigenvalue weighted by molar-refractivity contribution is -0.144. The molecule has 0 bridgehead atoms. The summed E-state index contributed by atoms with van der Waals surface area (Å²) in [7, 11) is -0.776. The molecule has 0 saturated carbocycles. The number of thioether (sulfide) groups is 1. The first-order valence-electron chi connectivity index (χ1n) is 12.8. The van der Waals surface area contributed by atoms with Crippen LogP contribution in [0.25, 0.3) is 44.2 Å². The van der Waals surface area contributed by atoms with Crippen LogP contribution in [0.2, 0.25) is 6.82 Å². The minimum Gasteiger partial charge on any atom is -0.465 e. The van der Waals surface area contributed by atoms with Gasteiger partial charge >= 0.3 is 13.0 Å². The third-order valence-electron chi connectivity index (χ3n) is 6.45. The van der Waals surface area contributed by atoms with E-state index in [1.807, 2.05) is 18.2 Å². The fourth-order valence-corrected chi connectivity index (χ4v) is 5.64. The van der Waals surface area contributed by atoms with Crippen molar-refractivity contribution >= 4 is 46.7 Å². The first kappa shape index (κ1) is 26.1. The van der Waals surface area contributed by atoms with E-state index in [0.29, 0.717) is 12.4 Å². The number of furan rings is 1. The quantitative estimate of drug-likeness (QED) is 0.155. The van der Waals surface area contributed by atoms with E-state index in [9.17, 15) is 9.82 Å².